The molecule has 0 spiro atoms. The van der Waals surface area contributed by atoms with Gasteiger partial charge in [0.1, 0.15) is 11.6 Å². The van der Waals surface area contributed by atoms with E-state index in [1.807, 2.05) is 0 Å². The largest absolute Gasteiger partial charge is 0.469 e. The number of halogens is 3. The standard InChI is InChI=1S/C21H19ClF2N2O4/c1-30-20(28)10-17(12-2-4-14(22)5-3-12)25-21(29)13-8-19(27)26(11-13)18-7-6-15(23)9-16(18)24/h2-7,9,13,17H,8,10-11H2,1H3,(H,25,29). The number of anilines is 1. The predicted octanol–water partition coefficient (Wildman–Crippen LogP) is 3.39. The minimum absolute atomic E-state index is 0.0568. The van der Waals surface area contributed by atoms with E-state index in [1.54, 1.807) is 24.3 Å². The lowest BCUT2D eigenvalue weighted by molar-refractivity contribution is -0.141. The number of hydrogen-bond donors (Lipinski definition) is 1. The van der Waals surface area contributed by atoms with Gasteiger partial charge in [0.05, 0.1) is 31.2 Å². The maximum absolute atomic E-state index is 14.1. The third-order valence-electron chi connectivity index (χ3n) is 4.88. The molecule has 1 fully saturated rings. The quantitative estimate of drug-likeness (QED) is 0.704. The monoisotopic (exact) mass is 436 g/mol. The van der Waals surface area contributed by atoms with Crippen molar-refractivity contribution in [1.82, 2.24) is 5.32 Å². The van der Waals surface area contributed by atoms with E-state index in [0.29, 0.717) is 16.7 Å². The summed E-state index contributed by atoms with van der Waals surface area (Å²) < 4.78 is 31.9. The number of carbonyl (C=O) groups excluding carboxylic acids is 3. The number of carbonyl (C=O) groups is 3. The van der Waals surface area contributed by atoms with Crippen LogP contribution in [0.15, 0.2) is 42.5 Å². The average molecular weight is 437 g/mol. The first kappa shape index (κ1) is 21.7. The molecule has 158 valence electrons. The third-order valence-corrected chi connectivity index (χ3v) is 5.14. The van der Waals surface area contributed by atoms with Gasteiger partial charge in [0, 0.05) is 24.1 Å². The Morgan fingerprint density at radius 1 is 1.23 bits per heavy atom. The zero-order valence-electron chi connectivity index (χ0n) is 16.0. The van der Waals surface area contributed by atoms with Crippen LogP contribution in [0, 0.1) is 17.6 Å². The number of benzene rings is 2. The Hall–Kier alpha value is -3.00. The number of rotatable bonds is 6. The van der Waals surface area contributed by atoms with Crippen molar-refractivity contribution in [1.29, 1.82) is 0 Å². The van der Waals surface area contributed by atoms with Crippen molar-refractivity contribution < 1.29 is 27.9 Å². The lowest BCUT2D eigenvalue weighted by Crippen LogP contribution is -2.36. The minimum atomic E-state index is -0.880. The van der Waals surface area contributed by atoms with Crippen molar-refractivity contribution >= 4 is 35.1 Å². The summed E-state index contributed by atoms with van der Waals surface area (Å²) in [5.74, 6) is -3.82. The molecular formula is C21H19ClF2N2O4. The molecule has 0 aliphatic carbocycles. The van der Waals surface area contributed by atoms with Crippen molar-refractivity contribution in [3.8, 4) is 0 Å². The van der Waals surface area contributed by atoms with Crippen molar-refractivity contribution in [2.75, 3.05) is 18.6 Å². The molecule has 2 amide bonds. The van der Waals surface area contributed by atoms with Crippen molar-refractivity contribution in [3.63, 3.8) is 0 Å². The number of ether oxygens (including phenoxy) is 1. The van der Waals surface area contributed by atoms with Crippen LogP contribution in [0.2, 0.25) is 5.02 Å². The van der Waals surface area contributed by atoms with Gasteiger partial charge in [0.2, 0.25) is 11.8 Å². The molecule has 1 aliphatic heterocycles. The van der Waals surface area contributed by atoms with E-state index in [2.05, 4.69) is 5.32 Å². The van der Waals surface area contributed by atoms with Gasteiger partial charge < -0.3 is 15.0 Å². The molecule has 3 rings (SSSR count). The molecule has 0 aromatic heterocycles. The van der Waals surface area contributed by atoms with E-state index in [0.717, 1.165) is 17.0 Å². The van der Waals surface area contributed by atoms with Gasteiger partial charge in [0.15, 0.2) is 0 Å². The summed E-state index contributed by atoms with van der Waals surface area (Å²) in [5.41, 5.74) is 0.560. The molecule has 1 N–H and O–H groups in total. The van der Waals surface area contributed by atoms with E-state index < -0.39 is 41.4 Å². The predicted molar refractivity (Wildman–Crippen MR) is 106 cm³/mol. The number of amides is 2. The fourth-order valence-electron chi connectivity index (χ4n) is 3.30. The molecule has 1 saturated heterocycles. The van der Waals surface area contributed by atoms with Crippen LogP contribution in [0.25, 0.3) is 0 Å². The summed E-state index contributed by atoms with van der Waals surface area (Å²) in [4.78, 5) is 38.1. The maximum atomic E-state index is 14.1. The van der Waals surface area contributed by atoms with Crippen LogP contribution in [0.1, 0.15) is 24.4 Å². The average Bonchev–Trinajstić information content (AvgIpc) is 3.09. The van der Waals surface area contributed by atoms with Crippen LogP contribution in [0.4, 0.5) is 14.5 Å². The SMILES string of the molecule is COC(=O)CC(NC(=O)C1CC(=O)N(c2ccc(F)cc2F)C1)c1ccc(Cl)cc1. The summed E-state index contributed by atoms with van der Waals surface area (Å²) in [7, 11) is 1.24. The summed E-state index contributed by atoms with van der Waals surface area (Å²) in [6, 6.07) is 8.82. The van der Waals surface area contributed by atoms with Crippen LogP contribution < -0.4 is 10.2 Å². The summed E-state index contributed by atoms with van der Waals surface area (Å²) in [6.07, 6.45) is -0.241. The topological polar surface area (TPSA) is 75.7 Å². The molecule has 2 aromatic rings. The number of methoxy groups -OCH3 is 1. The maximum Gasteiger partial charge on any atom is 0.307 e. The van der Waals surface area contributed by atoms with E-state index in [1.165, 1.54) is 7.11 Å². The Balaban J connectivity index is 1.74. The fraction of sp³-hybridized carbons (Fsp3) is 0.286. The summed E-state index contributed by atoms with van der Waals surface area (Å²) >= 11 is 5.90. The van der Waals surface area contributed by atoms with Gasteiger partial charge in [0.25, 0.3) is 0 Å². The van der Waals surface area contributed by atoms with Crippen LogP contribution in [0.5, 0.6) is 0 Å². The van der Waals surface area contributed by atoms with Crippen molar-refractivity contribution in [2.24, 2.45) is 5.92 Å². The van der Waals surface area contributed by atoms with E-state index in [-0.39, 0.29) is 25.1 Å². The first-order valence-electron chi connectivity index (χ1n) is 9.16. The third kappa shape index (κ3) is 4.94. The van der Waals surface area contributed by atoms with Gasteiger partial charge in [-0.05, 0) is 29.8 Å². The van der Waals surface area contributed by atoms with Gasteiger partial charge in [-0.25, -0.2) is 8.78 Å². The number of nitrogens with zero attached hydrogens (tertiary/aromatic N) is 1. The minimum Gasteiger partial charge on any atom is -0.469 e. The molecule has 1 aliphatic rings. The first-order valence-corrected chi connectivity index (χ1v) is 9.54. The second-order valence-electron chi connectivity index (χ2n) is 6.89. The summed E-state index contributed by atoms with van der Waals surface area (Å²) in [5, 5.41) is 3.26. The van der Waals surface area contributed by atoms with Gasteiger partial charge in [-0.15, -0.1) is 0 Å². The highest BCUT2D eigenvalue weighted by molar-refractivity contribution is 6.30. The molecule has 0 bridgehead atoms. The van der Waals surface area contributed by atoms with Gasteiger partial charge >= 0.3 is 5.97 Å². The molecule has 2 unspecified atom stereocenters. The highest BCUT2D eigenvalue weighted by atomic mass is 35.5. The molecule has 2 aromatic carbocycles. The van der Waals surface area contributed by atoms with E-state index >= 15 is 0 Å². The summed E-state index contributed by atoms with van der Waals surface area (Å²) in [6.45, 7) is -0.0568. The number of esters is 1. The Kier molecular flexibility index (Phi) is 6.66. The van der Waals surface area contributed by atoms with Crippen LogP contribution in [-0.2, 0) is 19.1 Å². The lowest BCUT2D eigenvalue weighted by Gasteiger charge is -2.21. The van der Waals surface area contributed by atoms with Crippen LogP contribution in [0.3, 0.4) is 0 Å². The number of hydrogen-bond acceptors (Lipinski definition) is 4. The molecule has 2 atom stereocenters. The van der Waals surface area contributed by atoms with Gasteiger partial charge in [-0.1, -0.05) is 23.7 Å². The van der Waals surface area contributed by atoms with E-state index in [4.69, 9.17) is 16.3 Å². The Labute approximate surface area is 176 Å². The van der Waals surface area contributed by atoms with Crippen LogP contribution >= 0.6 is 11.6 Å². The first-order chi connectivity index (χ1) is 14.3. The molecule has 6 nitrogen and oxygen atoms in total. The molecule has 0 saturated carbocycles. The molecule has 9 heteroatoms. The second-order valence-corrected chi connectivity index (χ2v) is 7.33. The van der Waals surface area contributed by atoms with Gasteiger partial charge in [-0.2, -0.15) is 0 Å². The van der Waals surface area contributed by atoms with Crippen molar-refractivity contribution in [2.45, 2.75) is 18.9 Å². The highest BCUT2D eigenvalue weighted by Crippen LogP contribution is 2.29. The smallest absolute Gasteiger partial charge is 0.307 e. The fourth-order valence-corrected chi connectivity index (χ4v) is 3.43. The Bertz CT molecular complexity index is 968. The normalized spacial score (nSPS) is 17.0. The zero-order chi connectivity index (χ0) is 21.8. The molecule has 0 radical (unpaired) electrons. The van der Waals surface area contributed by atoms with Gasteiger partial charge in [-0.3, -0.25) is 14.4 Å². The molecule has 1 heterocycles. The lowest BCUT2D eigenvalue weighted by atomic mass is 10.0. The second kappa shape index (κ2) is 9.21. The van der Waals surface area contributed by atoms with Crippen molar-refractivity contribution in [3.05, 3.63) is 64.7 Å². The zero-order valence-corrected chi connectivity index (χ0v) is 16.8. The van der Waals surface area contributed by atoms with E-state index in [9.17, 15) is 23.2 Å². The molecular weight excluding hydrogens is 418 g/mol. The van der Waals surface area contributed by atoms with Crippen LogP contribution in [-0.4, -0.2) is 31.4 Å². The highest BCUT2D eigenvalue weighted by Gasteiger charge is 2.37. The Morgan fingerprint density at radius 3 is 2.57 bits per heavy atom. The Morgan fingerprint density at radius 2 is 1.93 bits per heavy atom. The number of nitrogens with one attached hydrogen (secondary N) is 1. The molecule has 30 heavy (non-hydrogen) atoms.